The van der Waals surface area contributed by atoms with E-state index >= 15 is 0 Å². The molecule has 1 amide bonds. The van der Waals surface area contributed by atoms with Crippen molar-refractivity contribution in [3.05, 3.63) is 12.7 Å². The number of rotatable bonds is 4. The summed E-state index contributed by atoms with van der Waals surface area (Å²) in [5.74, 6) is -0.0318. The lowest BCUT2D eigenvalue weighted by atomic mass is 10.1. The van der Waals surface area contributed by atoms with Crippen molar-refractivity contribution >= 4 is 5.91 Å². The van der Waals surface area contributed by atoms with Gasteiger partial charge in [0.2, 0.25) is 5.91 Å². The lowest BCUT2D eigenvalue weighted by Crippen LogP contribution is -2.41. The first-order valence-corrected chi connectivity index (χ1v) is 4.49. The summed E-state index contributed by atoms with van der Waals surface area (Å²) in [6.45, 7) is 11.2. The zero-order valence-electron chi connectivity index (χ0n) is 9.05. The van der Waals surface area contributed by atoms with Crippen LogP contribution in [0.4, 0.5) is 0 Å². The molecule has 0 aromatic heterocycles. The summed E-state index contributed by atoms with van der Waals surface area (Å²) in [5, 5.41) is 3.30. The smallest absolute Gasteiger partial charge is 0.245 e. The lowest BCUT2D eigenvalue weighted by Gasteiger charge is -2.23. The Morgan fingerprint density at radius 1 is 1.54 bits per heavy atom. The third kappa shape index (κ3) is 6.34. The number of hydrogen-bond acceptors (Lipinski definition) is 2. The van der Waals surface area contributed by atoms with Gasteiger partial charge in [0.1, 0.15) is 0 Å². The number of nitrogens with zero attached hydrogens (tertiary/aromatic N) is 1. The molecular formula is C10H20N2O. The fourth-order valence-electron chi connectivity index (χ4n) is 0.865. The Balaban J connectivity index is 3.65. The van der Waals surface area contributed by atoms with Gasteiger partial charge in [0.25, 0.3) is 0 Å². The monoisotopic (exact) mass is 184 g/mol. The molecule has 0 radical (unpaired) electrons. The number of nitrogens with one attached hydrogen (secondary N) is 1. The van der Waals surface area contributed by atoms with E-state index < -0.39 is 0 Å². The maximum atomic E-state index is 11.0. The highest BCUT2D eigenvalue weighted by atomic mass is 16.2. The normalized spacial score (nSPS) is 11.1. The fourth-order valence-corrected chi connectivity index (χ4v) is 0.865. The molecule has 0 spiro atoms. The maximum Gasteiger partial charge on any atom is 0.245 e. The summed E-state index contributed by atoms with van der Waals surface area (Å²) >= 11 is 0. The van der Waals surface area contributed by atoms with E-state index in [-0.39, 0.29) is 11.4 Å². The van der Waals surface area contributed by atoms with Crippen LogP contribution in [-0.2, 0) is 4.79 Å². The van der Waals surface area contributed by atoms with Crippen LogP contribution < -0.4 is 5.32 Å². The summed E-state index contributed by atoms with van der Waals surface area (Å²) in [6, 6.07) is 0. The third-order valence-corrected chi connectivity index (χ3v) is 1.65. The van der Waals surface area contributed by atoms with Crippen LogP contribution >= 0.6 is 0 Å². The molecule has 3 nitrogen and oxygen atoms in total. The van der Waals surface area contributed by atoms with Crippen LogP contribution in [0, 0.1) is 0 Å². The first-order chi connectivity index (χ1) is 5.87. The molecule has 0 aliphatic rings. The second-order valence-electron chi connectivity index (χ2n) is 4.14. The topological polar surface area (TPSA) is 32.3 Å². The van der Waals surface area contributed by atoms with Gasteiger partial charge in [-0.05, 0) is 26.8 Å². The number of carbonyl (C=O) groups is 1. The molecule has 76 valence electrons. The van der Waals surface area contributed by atoms with Gasteiger partial charge in [-0.2, -0.15) is 0 Å². The number of likely N-dealkylation sites (N-methyl/N-ethyl adjacent to an activating group) is 1. The predicted molar refractivity (Wildman–Crippen MR) is 55.6 cm³/mol. The van der Waals surface area contributed by atoms with Crippen molar-refractivity contribution in [1.29, 1.82) is 0 Å². The second kappa shape index (κ2) is 5.02. The molecule has 0 saturated heterocycles. The van der Waals surface area contributed by atoms with Gasteiger partial charge in [-0.15, -0.1) is 0 Å². The standard InChI is InChI=1S/C10H20N2O/c1-6-9(13)12(5)8-7-11-10(2,3)4/h6,11H,1,7-8H2,2-5H3. The van der Waals surface area contributed by atoms with E-state index in [0.717, 1.165) is 6.54 Å². The lowest BCUT2D eigenvalue weighted by molar-refractivity contribution is -0.124. The molecule has 0 fully saturated rings. The Hall–Kier alpha value is -0.830. The average molecular weight is 184 g/mol. The van der Waals surface area contributed by atoms with E-state index in [2.05, 4.69) is 32.7 Å². The van der Waals surface area contributed by atoms with Crippen LogP contribution in [0.5, 0.6) is 0 Å². The van der Waals surface area contributed by atoms with Crippen molar-refractivity contribution in [2.45, 2.75) is 26.3 Å². The number of amides is 1. The van der Waals surface area contributed by atoms with Crippen LogP contribution in [0.1, 0.15) is 20.8 Å². The van der Waals surface area contributed by atoms with E-state index in [4.69, 9.17) is 0 Å². The first kappa shape index (κ1) is 12.2. The second-order valence-corrected chi connectivity index (χ2v) is 4.14. The SMILES string of the molecule is C=CC(=O)N(C)CCNC(C)(C)C. The van der Waals surface area contributed by atoms with Crippen LogP contribution in [0.15, 0.2) is 12.7 Å². The highest BCUT2D eigenvalue weighted by molar-refractivity contribution is 5.86. The van der Waals surface area contributed by atoms with Gasteiger partial charge in [0, 0.05) is 25.7 Å². The van der Waals surface area contributed by atoms with Gasteiger partial charge in [-0.25, -0.2) is 0 Å². The fraction of sp³-hybridized carbons (Fsp3) is 0.700. The molecule has 1 N–H and O–H groups in total. The summed E-state index contributed by atoms with van der Waals surface area (Å²) in [7, 11) is 1.77. The van der Waals surface area contributed by atoms with Crippen LogP contribution in [0.25, 0.3) is 0 Å². The molecule has 0 unspecified atom stereocenters. The molecule has 0 rings (SSSR count). The highest BCUT2D eigenvalue weighted by Crippen LogP contribution is 1.97. The predicted octanol–water partition coefficient (Wildman–Crippen LogP) is 1.02. The first-order valence-electron chi connectivity index (χ1n) is 4.49. The summed E-state index contributed by atoms with van der Waals surface area (Å²) in [6.07, 6.45) is 1.33. The van der Waals surface area contributed by atoms with Crippen molar-refractivity contribution in [3.8, 4) is 0 Å². The minimum atomic E-state index is -0.0318. The summed E-state index contributed by atoms with van der Waals surface area (Å²) < 4.78 is 0. The Bertz CT molecular complexity index is 182. The average Bonchev–Trinajstić information content (AvgIpc) is 2.00. The van der Waals surface area contributed by atoms with Gasteiger partial charge in [0.15, 0.2) is 0 Å². The van der Waals surface area contributed by atoms with E-state index in [1.807, 2.05) is 0 Å². The Morgan fingerprint density at radius 2 is 2.08 bits per heavy atom. The van der Waals surface area contributed by atoms with E-state index in [1.165, 1.54) is 6.08 Å². The van der Waals surface area contributed by atoms with Gasteiger partial charge < -0.3 is 10.2 Å². The van der Waals surface area contributed by atoms with E-state index in [1.54, 1.807) is 11.9 Å². The molecule has 0 bridgehead atoms. The third-order valence-electron chi connectivity index (χ3n) is 1.65. The molecule has 0 heterocycles. The molecule has 0 aliphatic heterocycles. The van der Waals surface area contributed by atoms with Gasteiger partial charge >= 0.3 is 0 Å². The van der Waals surface area contributed by atoms with Crippen LogP contribution in [-0.4, -0.2) is 36.5 Å². The maximum absolute atomic E-state index is 11.0. The molecule has 13 heavy (non-hydrogen) atoms. The molecule has 0 aromatic rings. The van der Waals surface area contributed by atoms with Crippen LogP contribution in [0.3, 0.4) is 0 Å². The molecule has 0 atom stereocenters. The van der Waals surface area contributed by atoms with Crippen molar-refractivity contribution in [3.63, 3.8) is 0 Å². The van der Waals surface area contributed by atoms with Gasteiger partial charge in [-0.3, -0.25) is 4.79 Å². The molecule has 0 saturated carbocycles. The largest absolute Gasteiger partial charge is 0.341 e. The Labute approximate surface area is 80.8 Å². The Morgan fingerprint density at radius 3 is 2.46 bits per heavy atom. The van der Waals surface area contributed by atoms with Gasteiger partial charge in [-0.1, -0.05) is 6.58 Å². The molecular weight excluding hydrogens is 164 g/mol. The molecule has 3 heteroatoms. The van der Waals surface area contributed by atoms with Crippen LogP contribution in [0.2, 0.25) is 0 Å². The Kier molecular flexibility index (Phi) is 4.70. The zero-order chi connectivity index (χ0) is 10.5. The van der Waals surface area contributed by atoms with E-state index in [0.29, 0.717) is 6.54 Å². The molecule has 0 aliphatic carbocycles. The summed E-state index contributed by atoms with van der Waals surface area (Å²) in [5.41, 5.74) is 0.109. The minimum Gasteiger partial charge on any atom is -0.341 e. The van der Waals surface area contributed by atoms with Crippen molar-refractivity contribution < 1.29 is 4.79 Å². The summed E-state index contributed by atoms with van der Waals surface area (Å²) in [4.78, 5) is 12.7. The van der Waals surface area contributed by atoms with Crippen molar-refractivity contribution in [1.82, 2.24) is 10.2 Å². The number of hydrogen-bond donors (Lipinski definition) is 1. The van der Waals surface area contributed by atoms with E-state index in [9.17, 15) is 4.79 Å². The van der Waals surface area contributed by atoms with Gasteiger partial charge in [0.05, 0.1) is 0 Å². The zero-order valence-corrected chi connectivity index (χ0v) is 9.05. The molecule has 0 aromatic carbocycles. The van der Waals surface area contributed by atoms with Crippen molar-refractivity contribution in [2.75, 3.05) is 20.1 Å². The highest BCUT2D eigenvalue weighted by Gasteiger charge is 2.09. The quantitative estimate of drug-likeness (QED) is 0.662. The number of carbonyl (C=O) groups excluding carboxylic acids is 1. The van der Waals surface area contributed by atoms with Crippen molar-refractivity contribution in [2.24, 2.45) is 0 Å². The minimum absolute atomic E-state index is 0.0318.